The molecule has 0 N–H and O–H groups in total. The molecule has 0 radical (unpaired) electrons. The SMILES string of the molecule is C[C@@H]1CC[C@@H]2[C@@H](C1)N1CCN2CC1. The second-order valence-electron chi connectivity index (χ2n) is 5.12. The molecular weight excluding hydrogens is 160 g/mol. The largest absolute Gasteiger partial charge is 0.296 e. The van der Waals surface area contributed by atoms with Gasteiger partial charge >= 0.3 is 0 Å². The van der Waals surface area contributed by atoms with Gasteiger partial charge in [-0.1, -0.05) is 6.92 Å². The lowest BCUT2D eigenvalue weighted by Gasteiger charge is -2.56. The second kappa shape index (κ2) is 2.96. The molecule has 3 aliphatic heterocycles. The molecule has 13 heavy (non-hydrogen) atoms. The van der Waals surface area contributed by atoms with Gasteiger partial charge in [0, 0.05) is 38.3 Å². The molecule has 0 spiro atoms. The van der Waals surface area contributed by atoms with Crippen LogP contribution in [-0.2, 0) is 0 Å². The van der Waals surface area contributed by atoms with Crippen molar-refractivity contribution in [1.82, 2.24) is 9.80 Å². The number of fused-ring (bicyclic) bond motifs is 2. The van der Waals surface area contributed by atoms with Crippen molar-refractivity contribution in [3.8, 4) is 0 Å². The summed E-state index contributed by atoms with van der Waals surface area (Å²) in [5.41, 5.74) is 0. The molecule has 4 aliphatic rings. The van der Waals surface area contributed by atoms with E-state index in [0.29, 0.717) is 0 Å². The topological polar surface area (TPSA) is 6.48 Å². The minimum Gasteiger partial charge on any atom is -0.296 e. The fourth-order valence-electron chi connectivity index (χ4n) is 3.55. The summed E-state index contributed by atoms with van der Waals surface area (Å²) in [6, 6.07) is 1.85. The zero-order valence-electron chi connectivity index (χ0n) is 8.58. The van der Waals surface area contributed by atoms with Crippen molar-refractivity contribution in [2.24, 2.45) is 5.92 Å². The van der Waals surface area contributed by atoms with Gasteiger partial charge < -0.3 is 0 Å². The van der Waals surface area contributed by atoms with Crippen LogP contribution in [0.25, 0.3) is 0 Å². The molecule has 1 aliphatic carbocycles. The lowest BCUT2D eigenvalue weighted by atomic mass is 9.79. The first-order valence-electron chi connectivity index (χ1n) is 5.82. The lowest BCUT2D eigenvalue weighted by molar-refractivity contribution is -0.0636. The Bertz CT molecular complexity index is 196. The maximum Gasteiger partial charge on any atom is 0.0255 e. The second-order valence-corrected chi connectivity index (χ2v) is 5.12. The Morgan fingerprint density at radius 3 is 2.15 bits per heavy atom. The average molecular weight is 180 g/mol. The zero-order chi connectivity index (χ0) is 8.84. The average Bonchev–Trinajstić information content (AvgIpc) is 2.19. The molecule has 2 bridgehead atoms. The van der Waals surface area contributed by atoms with E-state index in [2.05, 4.69) is 16.7 Å². The van der Waals surface area contributed by atoms with Crippen LogP contribution in [0.1, 0.15) is 26.2 Å². The maximum absolute atomic E-state index is 2.75. The van der Waals surface area contributed by atoms with Gasteiger partial charge in [-0.3, -0.25) is 9.80 Å². The molecule has 0 aromatic rings. The van der Waals surface area contributed by atoms with Crippen LogP contribution in [0.15, 0.2) is 0 Å². The molecule has 3 atom stereocenters. The Labute approximate surface area is 80.9 Å². The fourth-order valence-corrected chi connectivity index (χ4v) is 3.55. The van der Waals surface area contributed by atoms with Crippen LogP contribution in [-0.4, -0.2) is 48.1 Å². The number of hydrogen-bond donors (Lipinski definition) is 0. The third-order valence-electron chi connectivity index (χ3n) is 4.33. The Kier molecular flexibility index (Phi) is 1.88. The van der Waals surface area contributed by atoms with Crippen molar-refractivity contribution in [2.45, 2.75) is 38.3 Å². The van der Waals surface area contributed by atoms with Crippen LogP contribution in [0, 0.1) is 5.92 Å². The van der Waals surface area contributed by atoms with E-state index in [0.717, 1.165) is 18.0 Å². The highest BCUT2D eigenvalue weighted by molar-refractivity contribution is 4.99. The summed E-state index contributed by atoms with van der Waals surface area (Å²) in [6.07, 6.45) is 4.38. The van der Waals surface area contributed by atoms with Crippen molar-refractivity contribution < 1.29 is 0 Å². The van der Waals surface area contributed by atoms with Gasteiger partial charge in [0.05, 0.1) is 0 Å². The molecule has 0 unspecified atom stereocenters. The molecule has 3 saturated heterocycles. The van der Waals surface area contributed by atoms with Gasteiger partial charge in [0.15, 0.2) is 0 Å². The molecule has 74 valence electrons. The summed E-state index contributed by atoms with van der Waals surface area (Å²) < 4.78 is 0. The molecule has 0 aromatic heterocycles. The highest BCUT2D eigenvalue weighted by Crippen LogP contribution is 2.35. The molecule has 2 nitrogen and oxygen atoms in total. The Morgan fingerprint density at radius 1 is 0.846 bits per heavy atom. The summed E-state index contributed by atoms with van der Waals surface area (Å²) in [5.74, 6) is 0.974. The predicted molar refractivity (Wildman–Crippen MR) is 53.7 cm³/mol. The molecular formula is C11H20N2. The normalized spacial score (nSPS) is 54.7. The van der Waals surface area contributed by atoms with Crippen molar-refractivity contribution in [3.05, 3.63) is 0 Å². The van der Waals surface area contributed by atoms with Crippen LogP contribution in [0.4, 0.5) is 0 Å². The van der Waals surface area contributed by atoms with Crippen LogP contribution in [0.2, 0.25) is 0 Å². The van der Waals surface area contributed by atoms with E-state index in [1.165, 1.54) is 45.4 Å². The third-order valence-corrected chi connectivity index (χ3v) is 4.33. The summed E-state index contributed by atoms with van der Waals surface area (Å²) in [6.45, 7) is 7.79. The number of rotatable bonds is 0. The van der Waals surface area contributed by atoms with Gasteiger partial charge in [-0.15, -0.1) is 0 Å². The predicted octanol–water partition coefficient (Wildman–Crippen LogP) is 1.17. The highest BCUT2D eigenvalue weighted by Gasteiger charge is 2.42. The number of nitrogens with zero attached hydrogens (tertiary/aromatic N) is 2. The minimum absolute atomic E-state index is 0.922. The van der Waals surface area contributed by atoms with Gasteiger partial charge in [0.1, 0.15) is 0 Å². The van der Waals surface area contributed by atoms with E-state index in [1.54, 1.807) is 0 Å². The van der Waals surface area contributed by atoms with E-state index in [4.69, 9.17) is 0 Å². The van der Waals surface area contributed by atoms with Gasteiger partial charge in [-0.2, -0.15) is 0 Å². The van der Waals surface area contributed by atoms with Crippen molar-refractivity contribution in [3.63, 3.8) is 0 Å². The number of hydrogen-bond acceptors (Lipinski definition) is 2. The van der Waals surface area contributed by atoms with E-state index < -0.39 is 0 Å². The zero-order valence-corrected chi connectivity index (χ0v) is 8.58. The quantitative estimate of drug-likeness (QED) is 0.552. The smallest absolute Gasteiger partial charge is 0.0255 e. The fraction of sp³-hybridized carbons (Fsp3) is 1.00. The molecule has 3 heterocycles. The first kappa shape index (κ1) is 8.25. The summed E-state index contributed by atoms with van der Waals surface area (Å²) in [7, 11) is 0. The number of piperazine rings is 3. The molecule has 4 fully saturated rings. The van der Waals surface area contributed by atoms with Gasteiger partial charge in [-0.05, 0) is 25.2 Å². The first-order chi connectivity index (χ1) is 6.34. The monoisotopic (exact) mass is 180 g/mol. The molecule has 0 amide bonds. The Balaban J connectivity index is 1.80. The molecule has 2 heteroatoms. The van der Waals surface area contributed by atoms with Gasteiger partial charge in [-0.25, -0.2) is 0 Å². The van der Waals surface area contributed by atoms with Crippen molar-refractivity contribution in [2.75, 3.05) is 26.2 Å². The van der Waals surface area contributed by atoms with Gasteiger partial charge in [0.25, 0.3) is 0 Å². The van der Waals surface area contributed by atoms with Crippen LogP contribution < -0.4 is 0 Å². The van der Waals surface area contributed by atoms with E-state index in [1.807, 2.05) is 0 Å². The summed E-state index contributed by atoms with van der Waals surface area (Å²) >= 11 is 0. The van der Waals surface area contributed by atoms with Crippen LogP contribution >= 0.6 is 0 Å². The first-order valence-corrected chi connectivity index (χ1v) is 5.82. The van der Waals surface area contributed by atoms with E-state index in [9.17, 15) is 0 Å². The van der Waals surface area contributed by atoms with Crippen LogP contribution in [0.5, 0.6) is 0 Å². The van der Waals surface area contributed by atoms with Gasteiger partial charge in [0.2, 0.25) is 0 Å². The third kappa shape index (κ3) is 1.23. The van der Waals surface area contributed by atoms with Crippen molar-refractivity contribution >= 4 is 0 Å². The van der Waals surface area contributed by atoms with Crippen LogP contribution in [0.3, 0.4) is 0 Å². The van der Waals surface area contributed by atoms with E-state index >= 15 is 0 Å². The lowest BCUT2D eigenvalue weighted by Crippen LogP contribution is -2.67. The minimum atomic E-state index is 0.922. The van der Waals surface area contributed by atoms with Crippen molar-refractivity contribution in [1.29, 1.82) is 0 Å². The molecule has 4 rings (SSSR count). The highest BCUT2D eigenvalue weighted by atomic mass is 15.4. The Morgan fingerprint density at radius 2 is 1.46 bits per heavy atom. The molecule has 1 saturated carbocycles. The Hall–Kier alpha value is -0.0800. The summed E-state index contributed by atoms with van der Waals surface area (Å²) in [4.78, 5) is 5.50. The standard InChI is InChI=1S/C11H20N2/c1-9-2-3-10-11(8-9)13-6-4-12(10)5-7-13/h9-11H,2-8H2,1H3/t9-,10-,11-/m1/s1. The van der Waals surface area contributed by atoms with E-state index in [-0.39, 0.29) is 0 Å². The maximum atomic E-state index is 2.75. The summed E-state index contributed by atoms with van der Waals surface area (Å²) in [5, 5.41) is 0. The molecule has 0 aromatic carbocycles.